The van der Waals surface area contributed by atoms with E-state index in [1.165, 1.54) is 24.7 Å². The van der Waals surface area contributed by atoms with Crippen molar-refractivity contribution < 1.29 is 31.1 Å². The number of carbonyl (C=O) groups is 1. The van der Waals surface area contributed by atoms with Crippen LogP contribution in [0.2, 0.25) is 0 Å². The van der Waals surface area contributed by atoms with Crippen LogP contribution in [0.1, 0.15) is 27.2 Å². The number of pyridine rings is 1. The topological polar surface area (TPSA) is 59.8 Å². The molecule has 152 valence electrons. The smallest absolute Gasteiger partial charge is 0.318 e. The number of halogens is 6. The molecule has 0 saturated carbocycles. The molecule has 0 saturated heterocycles. The summed E-state index contributed by atoms with van der Waals surface area (Å²) in [5.74, 6) is -0.546. The van der Waals surface area contributed by atoms with Crippen molar-refractivity contribution in [3.05, 3.63) is 77.4 Å². The number of alkyl halides is 6. The minimum absolute atomic E-state index is 0.0720. The normalized spacial score (nSPS) is 12.1. The predicted octanol–water partition coefficient (Wildman–Crippen LogP) is 4.62. The van der Waals surface area contributed by atoms with Crippen molar-refractivity contribution in [2.75, 3.05) is 5.32 Å². The van der Waals surface area contributed by atoms with E-state index < -0.39 is 41.5 Å². The van der Waals surface area contributed by atoms with Crippen LogP contribution >= 0.6 is 0 Å². The van der Waals surface area contributed by atoms with Gasteiger partial charge in [0.1, 0.15) is 5.69 Å². The van der Waals surface area contributed by atoms with Crippen molar-refractivity contribution in [3.8, 4) is 0 Å². The summed E-state index contributed by atoms with van der Waals surface area (Å²) in [7, 11) is 0. The van der Waals surface area contributed by atoms with E-state index in [-0.39, 0.29) is 17.4 Å². The van der Waals surface area contributed by atoms with Gasteiger partial charge in [0.25, 0.3) is 5.91 Å². The Morgan fingerprint density at radius 2 is 1.79 bits per heavy atom. The molecule has 5 nitrogen and oxygen atoms in total. The second kappa shape index (κ2) is 7.57. The lowest BCUT2D eigenvalue weighted by atomic mass is 10.0. The number of rotatable bonds is 4. The van der Waals surface area contributed by atoms with Crippen molar-refractivity contribution in [1.29, 1.82) is 0 Å². The second-order valence-corrected chi connectivity index (χ2v) is 5.96. The van der Waals surface area contributed by atoms with E-state index >= 15 is 0 Å². The number of nitrogens with zero attached hydrogens (tertiary/aromatic N) is 3. The molecule has 1 N–H and O–H groups in total. The molecule has 0 aliphatic carbocycles. The minimum atomic E-state index is -4.97. The highest BCUT2D eigenvalue weighted by Crippen LogP contribution is 2.37. The first-order valence-corrected chi connectivity index (χ1v) is 8.06. The molecule has 3 aromatic rings. The Balaban J connectivity index is 1.81. The molecule has 0 bridgehead atoms. The molecule has 1 amide bonds. The van der Waals surface area contributed by atoms with Gasteiger partial charge in [-0.1, -0.05) is 12.1 Å². The SMILES string of the molecule is O=C(Nc1cnn(Cc2ccc(C(F)(F)F)cc2C(F)(F)F)c1)c1ccccn1. The van der Waals surface area contributed by atoms with Gasteiger partial charge in [0.15, 0.2) is 0 Å². The number of nitrogens with one attached hydrogen (secondary N) is 1. The minimum Gasteiger partial charge on any atom is -0.318 e. The van der Waals surface area contributed by atoms with E-state index in [9.17, 15) is 31.1 Å². The number of benzene rings is 1. The molecule has 3 rings (SSSR count). The van der Waals surface area contributed by atoms with Crippen LogP contribution in [0.3, 0.4) is 0 Å². The summed E-state index contributed by atoms with van der Waals surface area (Å²) >= 11 is 0. The van der Waals surface area contributed by atoms with Crippen LogP contribution < -0.4 is 5.32 Å². The van der Waals surface area contributed by atoms with Gasteiger partial charge in [0, 0.05) is 12.4 Å². The Kier molecular flexibility index (Phi) is 5.31. The van der Waals surface area contributed by atoms with Crippen LogP contribution in [-0.2, 0) is 18.9 Å². The van der Waals surface area contributed by atoms with Crippen LogP contribution in [-0.4, -0.2) is 20.7 Å². The fourth-order valence-corrected chi connectivity index (χ4v) is 2.54. The van der Waals surface area contributed by atoms with Gasteiger partial charge in [-0.25, -0.2) is 0 Å². The van der Waals surface area contributed by atoms with E-state index in [4.69, 9.17) is 0 Å². The Morgan fingerprint density at radius 3 is 2.41 bits per heavy atom. The van der Waals surface area contributed by atoms with E-state index in [1.54, 1.807) is 12.1 Å². The number of amides is 1. The van der Waals surface area contributed by atoms with E-state index in [0.29, 0.717) is 6.07 Å². The maximum Gasteiger partial charge on any atom is 0.416 e. The largest absolute Gasteiger partial charge is 0.416 e. The zero-order chi connectivity index (χ0) is 21.2. The lowest BCUT2D eigenvalue weighted by Gasteiger charge is -2.16. The first-order chi connectivity index (χ1) is 13.5. The van der Waals surface area contributed by atoms with Crippen molar-refractivity contribution >= 4 is 11.6 Å². The maximum atomic E-state index is 13.2. The Labute approximate surface area is 160 Å². The lowest BCUT2D eigenvalue weighted by Crippen LogP contribution is -2.15. The van der Waals surface area contributed by atoms with Crippen LogP contribution in [0.4, 0.5) is 32.0 Å². The molecule has 0 spiro atoms. The number of anilines is 1. The van der Waals surface area contributed by atoms with E-state index in [1.807, 2.05) is 0 Å². The Morgan fingerprint density at radius 1 is 1.03 bits per heavy atom. The molecule has 0 unspecified atom stereocenters. The highest BCUT2D eigenvalue weighted by molar-refractivity contribution is 6.02. The summed E-state index contributed by atoms with van der Waals surface area (Å²) in [5, 5.41) is 6.33. The van der Waals surface area contributed by atoms with Gasteiger partial charge in [-0.2, -0.15) is 31.4 Å². The highest BCUT2D eigenvalue weighted by atomic mass is 19.4. The van der Waals surface area contributed by atoms with Crippen LogP contribution in [0.25, 0.3) is 0 Å². The van der Waals surface area contributed by atoms with Gasteiger partial charge in [0.2, 0.25) is 0 Å². The fourth-order valence-electron chi connectivity index (χ4n) is 2.54. The number of carbonyl (C=O) groups excluding carboxylic acids is 1. The average molecular weight is 414 g/mol. The summed E-state index contributed by atoms with van der Waals surface area (Å²) in [4.78, 5) is 15.9. The van der Waals surface area contributed by atoms with Crippen molar-refractivity contribution in [3.63, 3.8) is 0 Å². The summed E-state index contributed by atoms with van der Waals surface area (Å²) in [5.41, 5.74) is -2.86. The van der Waals surface area contributed by atoms with Crippen molar-refractivity contribution in [1.82, 2.24) is 14.8 Å². The summed E-state index contributed by atoms with van der Waals surface area (Å²) in [6, 6.07) is 6.11. The standard InChI is InChI=1S/C18H12F6N4O/c19-17(20,21)12-5-4-11(14(7-12)18(22,23)24)9-28-10-13(8-26-28)27-16(29)15-3-1-2-6-25-15/h1-8,10H,9H2,(H,27,29). The fraction of sp³-hybridized carbons (Fsp3) is 0.167. The molecular weight excluding hydrogens is 402 g/mol. The first-order valence-electron chi connectivity index (χ1n) is 8.06. The quantitative estimate of drug-likeness (QED) is 0.634. The van der Waals surface area contributed by atoms with Crippen LogP contribution in [0.5, 0.6) is 0 Å². The predicted molar refractivity (Wildman–Crippen MR) is 90.0 cm³/mol. The average Bonchev–Trinajstić information content (AvgIpc) is 3.07. The first kappa shape index (κ1) is 20.4. The van der Waals surface area contributed by atoms with E-state index in [2.05, 4.69) is 15.4 Å². The molecule has 0 fully saturated rings. The van der Waals surface area contributed by atoms with Gasteiger partial charge < -0.3 is 5.32 Å². The number of aromatic nitrogens is 3. The molecule has 11 heteroatoms. The summed E-state index contributed by atoms with van der Waals surface area (Å²) in [6.07, 6.45) is -5.98. The van der Waals surface area contributed by atoms with Gasteiger partial charge in [0.05, 0.1) is 29.6 Å². The number of hydrogen-bond donors (Lipinski definition) is 1. The summed E-state index contributed by atoms with van der Waals surface area (Å²) in [6.45, 7) is -0.438. The van der Waals surface area contributed by atoms with Crippen LogP contribution in [0, 0.1) is 0 Å². The molecule has 0 atom stereocenters. The molecule has 29 heavy (non-hydrogen) atoms. The molecule has 0 aliphatic heterocycles. The van der Waals surface area contributed by atoms with Crippen LogP contribution in [0.15, 0.2) is 55.0 Å². The molecule has 0 aliphatic rings. The molecular formula is C18H12F6N4O. The maximum absolute atomic E-state index is 13.2. The van der Waals surface area contributed by atoms with Crippen molar-refractivity contribution in [2.24, 2.45) is 0 Å². The molecule has 2 aromatic heterocycles. The number of hydrogen-bond acceptors (Lipinski definition) is 3. The van der Waals surface area contributed by atoms with Gasteiger partial charge >= 0.3 is 12.4 Å². The van der Waals surface area contributed by atoms with Gasteiger partial charge in [-0.05, 0) is 29.8 Å². The zero-order valence-corrected chi connectivity index (χ0v) is 14.4. The zero-order valence-electron chi connectivity index (χ0n) is 14.4. The van der Waals surface area contributed by atoms with E-state index in [0.717, 1.165) is 10.7 Å². The third-order valence-corrected chi connectivity index (χ3v) is 3.86. The molecule has 1 aromatic carbocycles. The van der Waals surface area contributed by atoms with Gasteiger partial charge in [-0.15, -0.1) is 0 Å². The Hall–Kier alpha value is -3.37. The second-order valence-electron chi connectivity index (χ2n) is 5.96. The third-order valence-electron chi connectivity index (χ3n) is 3.86. The lowest BCUT2D eigenvalue weighted by molar-refractivity contribution is -0.143. The van der Waals surface area contributed by atoms with Gasteiger partial charge in [-0.3, -0.25) is 14.5 Å². The monoisotopic (exact) mass is 414 g/mol. The highest BCUT2D eigenvalue weighted by Gasteiger charge is 2.38. The third kappa shape index (κ3) is 4.92. The molecule has 0 radical (unpaired) electrons. The van der Waals surface area contributed by atoms with Crippen molar-refractivity contribution in [2.45, 2.75) is 18.9 Å². The summed E-state index contributed by atoms with van der Waals surface area (Å²) < 4.78 is 79.0. The molecule has 2 heterocycles. The Bertz CT molecular complexity index is 1010.